The predicted octanol–water partition coefficient (Wildman–Crippen LogP) is 2.47. The van der Waals surface area contributed by atoms with Crippen LogP contribution in [0.3, 0.4) is 0 Å². The Labute approximate surface area is 116 Å². The quantitative estimate of drug-likeness (QED) is 0.688. The van der Waals surface area contributed by atoms with Crippen LogP contribution in [0.5, 0.6) is 0 Å². The molecular weight excluding hydrogens is 240 g/mol. The molecule has 1 aliphatic rings. The Hall–Kier alpha value is -1.06. The third-order valence-electron chi connectivity index (χ3n) is 3.85. The predicted molar refractivity (Wildman–Crippen MR) is 76.8 cm³/mol. The van der Waals surface area contributed by atoms with Gasteiger partial charge in [-0.1, -0.05) is 32.6 Å². The van der Waals surface area contributed by atoms with Crippen LogP contribution in [0.15, 0.2) is 0 Å². The highest BCUT2D eigenvalue weighted by molar-refractivity contribution is 5.78. The van der Waals surface area contributed by atoms with Crippen molar-refractivity contribution in [2.75, 3.05) is 13.1 Å². The van der Waals surface area contributed by atoms with Gasteiger partial charge in [-0.25, -0.2) is 0 Å². The molecule has 0 saturated heterocycles. The van der Waals surface area contributed by atoms with E-state index in [1.165, 1.54) is 12.8 Å². The molecule has 0 heterocycles. The van der Waals surface area contributed by atoms with Gasteiger partial charge in [-0.15, -0.1) is 0 Å². The van der Waals surface area contributed by atoms with Crippen LogP contribution in [-0.4, -0.2) is 35.8 Å². The number of nitrogens with zero attached hydrogens (tertiary/aromatic N) is 1. The fourth-order valence-corrected chi connectivity index (χ4v) is 2.73. The van der Waals surface area contributed by atoms with E-state index in [0.717, 1.165) is 38.6 Å². The molecule has 0 unspecified atom stereocenters. The van der Waals surface area contributed by atoms with E-state index in [0.29, 0.717) is 19.0 Å². The summed E-state index contributed by atoms with van der Waals surface area (Å²) in [6.45, 7) is 5.08. The fourth-order valence-electron chi connectivity index (χ4n) is 2.73. The second-order valence-corrected chi connectivity index (χ2v) is 5.46. The van der Waals surface area contributed by atoms with Crippen LogP contribution in [0.25, 0.3) is 0 Å². The summed E-state index contributed by atoms with van der Waals surface area (Å²) >= 11 is 0. The van der Waals surface area contributed by atoms with E-state index in [1.807, 2.05) is 4.90 Å². The molecule has 1 N–H and O–H groups in total. The van der Waals surface area contributed by atoms with E-state index in [4.69, 9.17) is 0 Å². The summed E-state index contributed by atoms with van der Waals surface area (Å²) < 4.78 is 0. The molecule has 1 fully saturated rings. The van der Waals surface area contributed by atoms with E-state index >= 15 is 0 Å². The lowest BCUT2D eigenvalue weighted by Gasteiger charge is -2.27. The molecule has 1 aliphatic carbocycles. The van der Waals surface area contributed by atoms with Crippen molar-refractivity contribution in [3.05, 3.63) is 0 Å². The van der Waals surface area contributed by atoms with E-state index in [2.05, 4.69) is 12.2 Å². The molecule has 0 radical (unpaired) electrons. The largest absolute Gasteiger partial charge is 0.356 e. The van der Waals surface area contributed by atoms with Gasteiger partial charge in [0.2, 0.25) is 11.8 Å². The standard InChI is InChI=1S/C15H28N2O2/c1-3-4-7-11-16-15(19)10-12-17(13(2)18)14-8-5-6-9-14/h14H,3-12H2,1-2H3,(H,16,19). The minimum atomic E-state index is 0.0698. The molecule has 2 amide bonds. The van der Waals surface area contributed by atoms with Gasteiger partial charge in [0.15, 0.2) is 0 Å². The van der Waals surface area contributed by atoms with Crippen LogP contribution in [-0.2, 0) is 9.59 Å². The first-order chi connectivity index (χ1) is 9.15. The van der Waals surface area contributed by atoms with Crippen molar-refractivity contribution < 1.29 is 9.59 Å². The van der Waals surface area contributed by atoms with Crippen molar-refractivity contribution in [3.63, 3.8) is 0 Å². The molecule has 19 heavy (non-hydrogen) atoms. The zero-order valence-electron chi connectivity index (χ0n) is 12.4. The van der Waals surface area contributed by atoms with E-state index in [9.17, 15) is 9.59 Å². The van der Waals surface area contributed by atoms with Crippen LogP contribution in [0, 0.1) is 0 Å². The van der Waals surface area contributed by atoms with Crippen molar-refractivity contribution in [3.8, 4) is 0 Å². The second-order valence-electron chi connectivity index (χ2n) is 5.46. The van der Waals surface area contributed by atoms with Crippen LogP contribution in [0.4, 0.5) is 0 Å². The van der Waals surface area contributed by atoms with E-state index < -0.39 is 0 Å². The third kappa shape index (κ3) is 6.08. The number of nitrogens with one attached hydrogen (secondary N) is 1. The van der Waals surface area contributed by atoms with Crippen LogP contribution in [0.1, 0.15) is 65.2 Å². The van der Waals surface area contributed by atoms with Crippen molar-refractivity contribution in [2.45, 2.75) is 71.3 Å². The number of amides is 2. The number of hydrogen-bond donors (Lipinski definition) is 1. The Morgan fingerprint density at radius 2 is 1.89 bits per heavy atom. The summed E-state index contributed by atoms with van der Waals surface area (Å²) in [5, 5.41) is 2.93. The minimum Gasteiger partial charge on any atom is -0.356 e. The normalized spacial score (nSPS) is 15.5. The average molecular weight is 268 g/mol. The first kappa shape index (κ1) is 16.0. The second kappa shape index (κ2) is 8.94. The fraction of sp³-hybridized carbons (Fsp3) is 0.867. The molecule has 110 valence electrons. The van der Waals surface area contributed by atoms with Crippen molar-refractivity contribution in [2.24, 2.45) is 0 Å². The Morgan fingerprint density at radius 3 is 2.47 bits per heavy atom. The van der Waals surface area contributed by atoms with Crippen molar-refractivity contribution in [1.29, 1.82) is 0 Å². The lowest BCUT2D eigenvalue weighted by atomic mass is 10.2. The van der Waals surface area contributed by atoms with Gasteiger partial charge in [0.1, 0.15) is 0 Å². The molecule has 0 spiro atoms. The number of unbranched alkanes of at least 4 members (excludes halogenated alkanes) is 2. The maximum atomic E-state index is 11.7. The summed E-state index contributed by atoms with van der Waals surface area (Å²) in [4.78, 5) is 25.2. The molecule has 0 aromatic heterocycles. The summed E-state index contributed by atoms with van der Waals surface area (Å²) in [5.41, 5.74) is 0. The summed E-state index contributed by atoms with van der Waals surface area (Å²) in [6, 6.07) is 0.366. The molecule has 4 heteroatoms. The van der Waals surface area contributed by atoms with Gasteiger partial charge in [0.05, 0.1) is 0 Å². The third-order valence-corrected chi connectivity index (χ3v) is 3.85. The number of rotatable bonds is 8. The molecule has 1 rings (SSSR count). The molecule has 0 aromatic rings. The average Bonchev–Trinajstić information content (AvgIpc) is 2.88. The van der Waals surface area contributed by atoms with Crippen molar-refractivity contribution in [1.82, 2.24) is 10.2 Å². The molecule has 0 aliphatic heterocycles. The highest BCUT2D eigenvalue weighted by atomic mass is 16.2. The Balaban J connectivity index is 2.23. The monoisotopic (exact) mass is 268 g/mol. The Bertz CT molecular complexity index is 286. The van der Waals surface area contributed by atoms with Crippen LogP contribution in [0.2, 0.25) is 0 Å². The van der Waals surface area contributed by atoms with E-state index in [-0.39, 0.29) is 11.8 Å². The van der Waals surface area contributed by atoms with Gasteiger partial charge < -0.3 is 10.2 Å². The summed E-state index contributed by atoms with van der Waals surface area (Å²) in [5.74, 6) is 0.172. The number of carbonyl (C=O) groups is 2. The number of carbonyl (C=O) groups excluding carboxylic acids is 2. The van der Waals surface area contributed by atoms with Crippen LogP contribution < -0.4 is 5.32 Å². The van der Waals surface area contributed by atoms with Crippen LogP contribution >= 0.6 is 0 Å². The molecule has 1 saturated carbocycles. The summed E-state index contributed by atoms with van der Waals surface area (Å²) in [7, 11) is 0. The van der Waals surface area contributed by atoms with Gasteiger partial charge in [-0.3, -0.25) is 9.59 Å². The lowest BCUT2D eigenvalue weighted by Crippen LogP contribution is -2.40. The van der Waals surface area contributed by atoms with Crippen molar-refractivity contribution >= 4 is 11.8 Å². The molecule has 4 nitrogen and oxygen atoms in total. The van der Waals surface area contributed by atoms with E-state index in [1.54, 1.807) is 6.92 Å². The first-order valence-corrected chi connectivity index (χ1v) is 7.69. The molecule has 0 aromatic carbocycles. The smallest absolute Gasteiger partial charge is 0.221 e. The van der Waals surface area contributed by atoms with Gasteiger partial charge >= 0.3 is 0 Å². The SMILES string of the molecule is CCCCCNC(=O)CCN(C(C)=O)C1CCCC1. The van der Waals surface area contributed by atoms with Gasteiger partial charge in [-0.05, 0) is 19.3 Å². The molecule has 0 bridgehead atoms. The Morgan fingerprint density at radius 1 is 1.21 bits per heavy atom. The first-order valence-electron chi connectivity index (χ1n) is 7.69. The Kier molecular flexibility index (Phi) is 7.53. The zero-order chi connectivity index (χ0) is 14.1. The lowest BCUT2D eigenvalue weighted by molar-refractivity contribution is -0.131. The highest BCUT2D eigenvalue weighted by Gasteiger charge is 2.24. The maximum absolute atomic E-state index is 11.7. The topological polar surface area (TPSA) is 49.4 Å². The zero-order valence-corrected chi connectivity index (χ0v) is 12.4. The number of hydrogen-bond acceptors (Lipinski definition) is 2. The van der Waals surface area contributed by atoms with Gasteiger partial charge in [0, 0.05) is 32.5 Å². The van der Waals surface area contributed by atoms with Gasteiger partial charge in [-0.2, -0.15) is 0 Å². The molecule has 0 atom stereocenters. The maximum Gasteiger partial charge on any atom is 0.221 e. The molecular formula is C15H28N2O2. The minimum absolute atomic E-state index is 0.0698. The van der Waals surface area contributed by atoms with Gasteiger partial charge in [0.25, 0.3) is 0 Å². The highest BCUT2D eigenvalue weighted by Crippen LogP contribution is 2.23. The summed E-state index contributed by atoms with van der Waals surface area (Å²) in [6.07, 6.45) is 8.39.